The molecule has 2 N–H and O–H groups in total. The SMILES string of the molecule is CN(C(=O)c1ccc(NC(=O)NCc2cccc(CN3CCCC3=O)c2)cc1Cl)C1CCCCC1. The fraction of sp³-hybridized carbons (Fsp3) is 0.444. The maximum Gasteiger partial charge on any atom is 0.319 e. The minimum absolute atomic E-state index is 0.0894. The summed E-state index contributed by atoms with van der Waals surface area (Å²) < 4.78 is 0. The molecule has 0 atom stereocenters. The van der Waals surface area contributed by atoms with Crippen molar-refractivity contribution in [1.29, 1.82) is 0 Å². The molecule has 186 valence electrons. The van der Waals surface area contributed by atoms with E-state index in [1.165, 1.54) is 6.42 Å². The lowest BCUT2D eigenvalue weighted by Gasteiger charge is -2.31. The molecule has 7 nitrogen and oxygen atoms in total. The van der Waals surface area contributed by atoms with Gasteiger partial charge in [-0.1, -0.05) is 55.1 Å². The Kier molecular flexibility index (Phi) is 8.29. The number of amides is 4. The van der Waals surface area contributed by atoms with Crippen LogP contribution in [0.4, 0.5) is 10.5 Å². The van der Waals surface area contributed by atoms with Crippen molar-refractivity contribution >= 4 is 35.1 Å². The molecule has 4 rings (SSSR count). The Hall–Kier alpha value is -3.06. The number of carbonyl (C=O) groups excluding carboxylic acids is 3. The number of hydrogen-bond donors (Lipinski definition) is 2. The van der Waals surface area contributed by atoms with Gasteiger partial charge in [0.2, 0.25) is 5.91 Å². The van der Waals surface area contributed by atoms with E-state index in [1.807, 2.05) is 36.2 Å². The summed E-state index contributed by atoms with van der Waals surface area (Å²) in [6.45, 7) is 1.75. The highest BCUT2D eigenvalue weighted by Gasteiger charge is 2.24. The maximum absolute atomic E-state index is 12.9. The van der Waals surface area contributed by atoms with Crippen LogP contribution in [-0.4, -0.2) is 47.3 Å². The zero-order valence-corrected chi connectivity index (χ0v) is 20.9. The fourth-order valence-corrected chi connectivity index (χ4v) is 5.14. The van der Waals surface area contributed by atoms with Gasteiger partial charge in [-0.2, -0.15) is 0 Å². The average Bonchev–Trinajstić information content (AvgIpc) is 3.27. The van der Waals surface area contributed by atoms with Gasteiger partial charge in [-0.15, -0.1) is 0 Å². The molecule has 1 saturated carbocycles. The number of urea groups is 1. The normalized spacial score (nSPS) is 16.3. The lowest BCUT2D eigenvalue weighted by Crippen LogP contribution is -2.38. The second-order valence-electron chi connectivity index (χ2n) is 9.45. The summed E-state index contributed by atoms with van der Waals surface area (Å²) in [7, 11) is 1.84. The number of likely N-dealkylation sites (tertiary alicyclic amines) is 1. The van der Waals surface area contributed by atoms with E-state index in [0.717, 1.165) is 49.8 Å². The molecule has 35 heavy (non-hydrogen) atoms. The second kappa shape index (κ2) is 11.6. The lowest BCUT2D eigenvalue weighted by atomic mass is 9.94. The van der Waals surface area contributed by atoms with Gasteiger partial charge in [0, 0.05) is 44.8 Å². The molecule has 2 aromatic rings. The molecular weight excluding hydrogens is 464 g/mol. The van der Waals surface area contributed by atoms with Crippen molar-refractivity contribution in [3.8, 4) is 0 Å². The number of carbonyl (C=O) groups is 3. The highest BCUT2D eigenvalue weighted by molar-refractivity contribution is 6.34. The predicted octanol–water partition coefficient (Wildman–Crippen LogP) is 5.19. The minimum atomic E-state index is -0.361. The topological polar surface area (TPSA) is 81.8 Å². The number of benzene rings is 2. The van der Waals surface area contributed by atoms with Crippen molar-refractivity contribution in [2.75, 3.05) is 18.9 Å². The van der Waals surface area contributed by atoms with Crippen LogP contribution >= 0.6 is 11.6 Å². The molecule has 4 amide bonds. The van der Waals surface area contributed by atoms with Crippen LogP contribution in [0.25, 0.3) is 0 Å². The lowest BCUT2D eigenvalue weighted by molar-refractivity contribution is -0.128. The van der Waals surface area contributed by atoms with Gasteiger partial charge in [0.05, 0.1) is 10.6 Å². The molecule has 1 saturated heterocycles. The minimum Gasteiger partial charge on any atom is -0.339 e. The third-order valence-corrected chi connectivity index (χ3v) is 7.20. The molecule has 2 fully saturated rings. The molecule has 2 aliphatic rings. The molecule has 0 spiro atoms. The molecular formula is C27H33ClN4O3. The average molecular weight is 497 g/mol. The summed E-state index contributed by atoms with van der Waals surface area (Å²) in [6.07, 6.45) is 7.12. The van der Waals surface area contributed by atoms with Crippen LogP contribution in [0.5, 0.6) is 0 Å². The fourth-order valence-electron chi connectivity index (χ4n) is 4.88. The zero-order valence-electron chi connectivity index (χ0n) is 20.2. The maximum atomic E-state index is 12.9. The van der Waals surface area contributed by atoms with Crippen LogP contribution in [0, 0.1) is 0 Å². The standard InChI is InChI=1S/C27H33ClN4O3/c1-31(22-9-3-2-4-10-22)26(34)23-13-12-21(16-24(23)28)30-27(35)29-17-19-7-5-8-20(15-19)18-32-14-6-11-25(32)33/h5,7-8,12-13,15-16,22H,2-4,6,9-11,14,17-18H2,1H3,(H2,29,30,35). The van der Waals surface area contributed by atoms with Crippen molar-refractivity contribution < 1.29 is 14.4 Å². The summed E-state index contributed by atoms with van der Waals surface area (Å²) in [6, 6.07) is 12.7. The Labute approximate surface area is 211 Å². The Morgan fingerprint density at radius 2 is 1.83 bits per heavy atom. The highest BCUT2D eigenvalue weighted by Crippen LogP contribution is 2.26. The first-order chi connectivity index (χ1) is 16.9. The molecule has 0 bridgehead atoms. The predicted molar refractivity (Wildman–Crippen MR) is 137 cm³/mol. The molecule has 8 heteroatoms. The van der Waals surface area contributed by atoms with Gasteiger partial charge in [0.15, 0.2) is 0 Å². The van der Waals surface area contributed by atoms with Crippen molar-refractivity contribution in [1.82, 2.24) is 15.1 Å². The van der Waals surface area contributed by atoms with Crippen molar-refractivity contribution in [3.63, 3.8) is 0 Å². The smallest absolute Gasteiger partial charge is 0.319 e. The summed E-state index contributed by atoms with van der Waals surface area (Å²) in [4.78, 5) is 40.9. The van der Waals surface area contributed by atoms with E-state index >= 15 is 0 Å². The van der Waals surface area contributed by atoms with Crippen LogP contribution < -0.4 is 10.6 Å². The zero-order chi connectivity index (χ0) is 24.8. The van der Waals surface area contributed by atoms with Gasteiger partial charge in [0.25, 0.3) is 5.91 Å². The summed E-state index contributed by atoms with van der Waals surface area (Å²) in [5.41, 5.74) is 2.96. The summed E-state index contributed by atoms with van der Waals surface area (Å²) >= 11 is 6.41. The number of rotatable bonds is 7. The first-order valence-electron chi connectivity index (χ1n) is 12.4. The Morgan fingerprint density at radius 1 is 1.06 bits per heavy atom. The quantitative estimate of drug-likeness (QED) is 0.553. The van der Waals surface area contributed by atoms with Gasteiger partial charge in [-0.3, -0.25) is 9.59 Å². The Bertz CT molecular complexity index is 1080. The second-order valence-corrected chi connectivity index (χ2v) is 9.86. The van der Waals surface area contributed by atoms with Crippen LogP contribution in [0.1, 0.15) is 66.4 Å². The first-order valence-corrected chi connectivity index (χ1v) is 12.8. The summed E-state index contributed by atoms with van der Waals surface area (Å²) in [5, 5.41) is 5.94. The van der Waals surface area contributed by atoms with Gasteiger partial charge >= 0.3 is 6.03 Å². The molecule has 1 aliphatic carbocycles. The van der Waals surface area contributed by atoms with Crippen molar-refractivity contribution in [2.24, 2.45) is 0 Å². The number of anilines is 1. The molecule has 0 radical (unpaired) electrons. The number of halogens is 1. The van der Waals surface area contributed by atoms with Gasteiger partial charge < -0.3 is 20.4 Å². The van der Waals surface area contributed by atoms with Crippen LogP contribution in [0.2, 0.25) is 5.02 Å². The molecule has 0 unspecified atom stereocenters. The van der Waals surface area contributed by atoms with Crippen molar-refractivity contribution in [3.05, 3.63) is 64.2 Å². The van der Waals surface area contributed by atoms with Gasteiger partial charge in [-0.05, 0) is 48.6 Å². The van der Waals surface area contributed by atoms with E-state index < -0.39 is 0 Å². The van der Waals surface area contributed by atoms with E-state index in [0.29, 0.717) is 35.8 Å². The highest BCUT2D eigenvalue weighted by atomic mass is 35.5. The number of hydrogen-bond acceptors (Lipinski definition) is 3. The van der Waals surface area contributed by atoms with Gasteiger partial charge in [0.1, 0.15) is 0 Å². The molecule has 2 aromatic carbocycles. The van der Waals surface area contributed by atoms with E-state index in [1.54, 1.807) is 23.1 Å². The summed E-state index contributed by atoms with van der Waals surface area (Å²) in [5.74, 6) is 0.105. The number of nitrogens with one attached hydrogen (secondary N) is 2. The van der Waals surface area contributed by atoms with Crippen LogP contribution in [0.15, 0.2) is 42.5 Å². The van der Waals surface area contributed by atoms with E-state index in [-0.39, 0.29) is 23.9 Å². The van der Waals surface area contributed by atoms with E-state index in [2.05, 4.69) is 10.6 Å². The van der Waals surface area contributed by atoms with E-state index in [4.69, 9.17) is 11.6 Å². The van der Waals surface area contributed by atoms with Crippen LogP contribution in [-0.2, 0) is 17.9 Å². The van der Waals surface area contributed by atoms with E-state index in [9.17, 15) is 14.4 Å². The first kappa shape index (κ1) is 25.0. The Balaban J connectivity index is 1.30. The van der Waals surface area contributed by atoms with Crippen molar-refractivity contribution in [2.45, 2.75) is 64.1 Å². The molecule has 1 aliphatic heterocycles. The Morgan fingerprint density at radius 3 is 2.54 bits per heavy atom. The monoisotopic (exact) mass is 496 g/mol. The van der Waals surface area contributed by atoms with Gasteiger partial charge in [-0.25, -0.2) is 4.79 Å². The molecule has 0 aromatic heterocycles. The largest absolute Gasteiger partial charge is 0.339 e. The molecule has 1 heterocycles. The van der Waals surface area contributed by atoms with Crippen LogP contribution in [0.3, 0.4) is 0 Å². The third-order valence-electron chi connectivity index (χ3n) is 6.89. The third kappa shape index (κ3) is 6.54. The number of nitrogens with zero attached hydrogens (tertiary/aromatic N) is 2.